The summed E-state index contributed by atoms with van der Waals surface area (Å²) >= 11 is 0. The molecule has 0 amide bonds. The Hall–Kier alpha value is -1.42. The number of Topliss-reactive ketones (excluding diaryl/α,β-unsaturated/α-hetero) is 1. The second kappa shape index (κ2) is 13.2. The average molecular weight is 433 g/mol. The lowest BCUT2D eigenvalue weighted by Gasteiger charge is -2.38. The van der Waals surface area contributed by atoms with Gasteiger partial charge in [-0.1, -0.05) is 53.9 Å². The minimum absolute atomic E-state index is 0.0639. The molecule has 176 valence electrons. The Labute approximate surface area is 190 Å². The van der Waals surface area contributed by atoms with E-state index in [0.717, 1.165) is 56.4 Å². The highest BCUT2D eigenvalue weighted by Crippen LogP contribution is 2.27. The van der Waals surface area contributed by atoms with Crippen molar-refractivity contribution in [1.82, 2.24) is 4.90 Å². The summed E-state index contributed by atoms with van der Waals surface area (Å²) in [6.07, 6.45) is 8.51. The summed E-state index contributed by atoms with van der Waals surface area (Å²) in [4.78, 5) is 17.1. The van der Waals surface area contributed by atoms with E-state index in [1.54, 1.807) is 0 Å². The molecule has 4 heteroatoms. The molecule has 0 saturated carbocycles. The largest absolute Gasteiger partial charge is 0.367 e. The number of nitrogens with zero attached hydrogens (tertiary/aromatic N) is 2. The zero-order valence-electron chi connectivity index (χ0n) is 20.7. The molecule has 3 nitrogen and oxygen atoms in total. The van der Waals surface area contributed by atoms with E-state index in [0.29, 0.717) is 17.7 Å². The van der Waals surface area contributed by atoms with Gasteiger partial charge in [0.1, 0.15) is 5.82 Å². The predicted octanol–water partition coefficient (Wildman–Crippen LogP) is 6.74. The molecule has 1 aliphatic heterocycles. The molecule has 0 aliphatic carbocycles. The van der Waals surface area contributed by atoms with Crippen LogP contribution in [0.2, 0.25) is 0 Å². The Balaban J connectivity index is 1.99. The fourth-order valence-corrected chi connectivity index (χ4v) is 4.76. The monoisotopic (exact) mass is 432 g/mol. The van der Waals surface area contributed by atoms with Crippen LogP contribution in [0, 0.1) is 17.7 Å². The number of hydrogen-bond donors (Lipinski definition) is 0. The summed E-state index contributed by atoms with van der Waals surface area (Å²) in [6, 6.07) is 3.42. The SMILES string of the molecule is CCCC(=O)c1cc(F)c(N2CCN(CC(CCC)CCC(C)CC)CC2)cc1CC. The van der Waals surface area contributed by atoms with Crippen molar-refractivity contribution in [1.29, 1.82) is 0 Å². The molecule has 2 atom stereocenters. The summed E-state index contributed by atoms with van der Waals surface area (Å²) in [6.45, 7) is 15.8. The van der Waals surface area contributed by atoms with Gasteiger partial charge in [-0.2, -0.15) is 0 Å². The van der Waals surface area contributed by atoms with Gasteiger partial charge in [0.2, 0.25) is 0 Å². The molecule has 1 heterocycles. The van der Waals surface area contributed by atoms with Crippen molar-refractivity contribution in [2.45, 2.75) is 86.0 Å². The van der Waals surface area contributed by atoms with E-state index in [1.165, 1.54) is 44.7 Å². The van der Waals surface area contributed by atoms with Crippen LogP contribution in [0.15, 0.2) is 12.1 Å². The number of carbonyl (C=O) groups is 1. The van der Waals surface area contributed by atoms with Gasteiger partial charge in [0.25, 0.3) is 0 Å². The molecule has 2 unspecified atom stereocenters. The first-order chi connectivity index (χ1) is 14.9. The molecule has 1 fully saturated rings. The summed E-state index contributed by atoms with van der Waals surface area (Å²) in [5, 5.41) is 0. The molecule has 2 rings (SSSR count). The van der Waals surface area contributed by atoms with Crippen LogP contribution >= 0.6 is 0 Å². The molecule has 0 bridgehead atoms. The van der Waals surface area contributed by atoms with Crippen molar-refractivity contribution in [2.75, 3.05) is 37.6 Å². The van der Waals surface area contributed by atoms with Crippen LogP contribution < -0.4 is 4.90 Å². The van der Waals surface area contributed by atoms with Crippen molar-refractivity contribution in [3.63, 3.8) is 0 Å². The molecule has 1 aromatic carbocycles. The molecule has 0 aromatic heterocycles. The first-order valence-electron chi connectivity index (χ1n) is 12.8. The molecule has 0 radical (unpaired) electrons. The van der Waals surface area contributed by atoms with Gasteiger partial charge in [0.15, 0.2) is 5.78 Å². The second-order valence-electron chi connectivity index (χ2n) is 9.52. The molecule has 1 aromatic rings. The highest BCUT2D eigenvalue weighted by Gasteiger charge is 2.23. The van der Waals surface area contributed by atoms with Gasteiger partial charge in [-0.3, -0.25) is 9.69 Å². The fourth-order valence-electron chi connectivity index (χ4n) is 4.76. The number of aryl methyl sites for hydroxylation is 1. The van der Waals surface area contributed by atoms with Crippen molar-refractivity contribution >= 4 is 11.5 Å². The zero-order valence-corrected chi connectivity index (χ0v) is 20.7. The minimum Gasteiger partial charge on any atom is -0.367 e. The van der Waals surface area contributed by atoms with Crippen molar-refractivity contribution < 1.29 is 9.18 Å². The molecule has 1 saturated heterocycles. The third-order valence-electron chi connectivity index (χ3n) is 7.02. The minimum atomic E-state index is -0.248. The summed E-state index contributed by atoms with van der Waals surface area (Å²) in [7, 11) is 0. The van der Waals surface area contributed by atoms with E-state index in [4.69, 9.17) is 0 Å². The lowest BCUT2D eigenvalue weighted by molar-refractivity contribution is 0.0980. The Morgan fingerprint density at radius 1 is 1.00 bits per heavy atom. The van der Waals surface area contributed by atoms with E-state index < -0.39 is 0 Å². The number of hydrogen-bond acceptors (Lipinski definition) is 3. The van der Waals surface area contributed by atoms with Crippen LogP contribution in [0.3, 0.4) is 0 Å². The highest BCUT2D eigenvalue weighted by atomic mass is 19.1. The molecular formula is C27H45FN2O. The molecular weight excluding hydrogens is 387 g/mol. The van der Waals surface area contributed by atoms with Gasteiger partial charge in [-0.25, -0.2) is 4.39 Å². The average Bonchev–Trinajstić information content (AvgIpc) is 2.78. The Morgan fingerprint density at radius 2 is 1.71 bits per heavy atom. The third kappa shape index (κ3) is 7.59. The molecule has 0 spiro atoms. The molecule has 0 N–H and O–H groups in total. The van der Waals surface area contributed by atoms with E-state index in [2.05, 4.69) is 30.6 Å². The Kier molecular flexibility index (Phi) is 11.0. The second-order valence-corrected chi connectivity index (χ2v) is 9.52. The molecule has 31 heavy (non-hydrogen) atoms. The lowest BCUT2D eigenvalue weighted by atomic mass is 9.91. The van der Waals surface area contributed by atoms with Crippen molar-refractivity contribution in [3.05, 3.63) is 29.1 Å². The third-order valence-corrected chi connectivity index (χ3v) is 7.02. The summed E-state index contributed by atoms with van der Waals surface area (Å²) < 4.78 is 15.0. The topological polar surface area (TPSA) is 23.6 Å². The first kappa shape index (κ1) is 25.8. The maximum atomic E-state index is 15.0. The number of anilines is 1. The smallest absolute Gasteiger partial charge is 0.163 e. The van der Waals surface area contributed by atoms with E-state index >= 15 is 0 Å². The maximum Gasteiger partial charge on any atom is 0.163 e. The van der Waals surface area contributed by atoms with Crippen LogP contribution in [0.4, 0.5) is 10.1 Å². The fraction of sp³-hybridized carbons (Fsp3) is 0.741. The summed E-state index contributed by atoms with van der Waals surface area (Å²) in [5.74, 6) is 1.41. The number of ketones is 1. The van der Waals surface area contributed by atoms with Gasteiger partial charge < -0.3 is 4.90 Å². The molecule has 1 aliphatic rings. The van der Waals surface area contributed by atoms with Gasteiger partial charge in [-0.15, -0.1) is 0 Å². The van der Waals surface area contributed by atoms with Crippen molar-refractivity contribution in [3.8, 4) is 0 Å². The van der Waals surface area contributed by atoms with Gasteiger partial charge in [0, 0.05) is 44.7 Å². The van der Waals surface area contributed by atoms with Crippen LogP contribution in [-0.4, -0.2) is 43.4 Å². The van der Waals surface area contributed by atoms with E-state index in [9.17, 15) is 9.18 Å². The Morgan fingerprint density at radius 3 is 2.29 bits per heavy atom. The number of halogens is 1. The quantitative estimate of drug-likeness (QED) is 0.323. The summed E-state index contributed by atoms with van der Waals surface area (Å²) in [5.41, 5.74) is 2.23. The van der Waals surface area contributed by atoms with Crippen LogP contribution in [0.5, 0.6) is 0 Å². The number of carbonyl (C=O) groups excluding carboxylic acids is 1. The zero-order chi connectivity index (χ0) is 22.8. The van der Waals surface area contributed by atoms with Crippen LogP contribution in [0.1, 0.15) is 95.5 Å². The van der Waals surface area contributed by atoms with E-state index in [1.807, 2.05) is 19.9 Å². The van der Waals surface area contributed by atoms with Crippen LogP contribution in [-0.2, 0) is 6.42 Å². The van der Waals surface area contributed by atoms with Crippen molar-refractivity contribution in [2.24, 2.45) is 11.8 Å². The maximum absolute atomic E-state index is 15.0. The lowest BCUT2D eigenvalue weighted by Crippen LogP contribution is -2.48. The number of rotatable bonds is 13. The van der Waals surface area contributed by atoms with Crippen LogP contribution in [0.25, 0.3) is 0 Å². The Bertz CT molecular complexity index is 682. The standard InChI is InChI=1S/C27H45FN2O/c1-6-10-22(13-12-21(5)8-3)20-29-14-16-30(17-15-29)26-18-23(9-4)24(19-25(26)28)27(31)11-7-2/h18-19,21-22H,6-17,20H2,1-5H3. The van der Waals surface area contributed by atoms with Gasteiger partial charge >= 0.3 is 0 Å². The number of benzene rings is 1. The van der Waals surface area contributed by atoms with Gasteiger partial charge in [0.05, 0.1) is 5.69 Å². The van der Waals surface area contributed by atoms with E-state index in [-0.39, 0.29) is 11.6 Å². The number of piperazine rings is 1. The normalized spacial score (nSPS) is 17.0. The predicted molar refractivity (Wildman–Crippen MR) is 131 cm³/mol. The first-order valence-corrected chi connectivity index (χ1v) is 12.8. The van der Waals surface area contributed by atoms with Gasteiger partial charge in [-0.05, 0) is 55.2 Å². The highest BCUT2D eigenvalue weighted by molar-refractivity contribution is 5.98.